The van der Waals surface area contributed by atoms with Gasteiger partial charge in [0.25, 0.3) is 0 Å². The topological polar surface area (TPSA) is 64.6 Å². The van der Waals surface area contributed by atoms with Crippen LogP contribution in [0, 0.1) is 0 Å². The number of nitrogens with one attached hydrogen (secondary N) is 1. The van der Waals surface area contributed by atoms with Crippen molar-refractivity contribution in [2.75, 3.05) is 18.4 Å². The molecule has 0 bridgehead atoms. The molecule has 0 amide bonds. The second-order valence-corrected chi connectivity index (χ2v) is 6.23. The van der Waals surface area contributed by atoms with E-state index in [-0.39, 0.29) is 0 Å². The highest BCUT2D eigenvalue weighted by atomic mass is 32.2. The van der Waals surface area contributed by atoms with Crippen molar-refractivity contribution in [1.29, 1.82) is 0 Å². The van der Waals surface area contributed by atoms with Crippen LogP contribution in [0.3, 0.4) is 0 Å². The third kappa shape index (κ3) is 3.53. The van der Waals surface area contributed by atoms with E-state index in [0.29, 0.717) is 23.8 Å². The highest BCUT2D eigenvalue weighted by molar-refractivity contribution is 7.93. The minimum Gasteiger partial charge on any atom is -0.493 e. The van der Waals surface area contributed by atoms with Gasteiger partial charge in [-0.25, -0.2) is 8.42 Å². The molecule has 0 unspecified atom stereocenters. The predicted octanol–water partition coefficient (Wildman–Crippen LogP) is 2.24. The molecule has 0 aliphatic heterocycles. The first-order chi connectivity index (χ1) is 8.40. The lowest BCUT2D eigenvalue weighted by atomic mass is 10.3. The van der Waals surface area contributed by atoms with Gasteiger partial charge in [-0.15, -0.1) is 0 Å². The van der Waals surface area contributed by atoms with Crippen LogP contribution in [0.15, 0.2) is 18.2 Å². The SMILES string of the molecule is CCOc1ccc(NS(=O)(=O)C(C)C)cc1OC. The quantitative estimate of drug-likeness (QED) is 0.863. The second kappa shape index (κ2) is 5.95. The Morgan fingerprint density at radius 1 is 1.28 bits per heavy atom. The molecule has 0 atom stereocenters. The number of hydrogen-bond acceptors (Lipinski definition) is 4. The average molecular weight is 273 g/mol. The Hall–Kier alpha value is -1.43. The Labute approximate surface area is 108 Å². The van der Waals surface area contributed by atoms with Gasteiger partial charge < -0.3 is 9.47 Å². The van der Waals surface area contributed by atoms with Gasteiger partial charge in [-0.3, -0.25) is 4.72 Å². The van der Waals surface area contributed by atoms with E-state index in [0.717, 1.165) is 0 Å². The first-order valence-corrected chi connectivity index (χ1v) is 7.27. The molecule has 0 aromatic heterocycles. The van der Waals surface area contributed by atoms with Crippen LogP contribution in [-0.2, 0) is 10.0 Å². The molecule has 5 nitrogen and oxygen atoms in total. The summed E-state index contributed by atoms with van der Waals surface area (Å²) < 4.78 is 36.5. The van der Waals surface area contributed by atoms with Crippen LogP contribution >= 0.6 is 0 Å². The normalized spacial score (nSPS) is 11.4. The van der Waals surface area contributed by atoms with Crippen molar-refractivity contribution in [2.45, 2.75) is 26.0 Å². The van der Waals surface area contributed by atoms with E-state index in [2.05, 4.69) is 4.72 Å². The van der Waals surface area contributed by atoms with Crippen LogP contribution in [0.2, 0.25) is 0 Å². The van der Waals surface area contributed by atoms with Gasteiger partial charge >= 0.3 is 0 Å². The van der Waals surface area contributed by atoms with E-state index >= 15 is 0 Å². The summed E-state index contributed by atoms with van der Waals surface area (Å²) in [5.74, 6) is 1.09. The Morgan fingerprint density at radius 2 is 1.94 bits per heavy atom. The summed E-state index contributed by atoms with van der Waals surface area (Å²) in [6.45, 7) is 5.63. The van der Waals surface area contributed by atoms with Crippen LogP contribution in [0.4, 0.5) is 5.69 Å². The maximum atomic E-state index is 11.7. The molecule has 0 spiro atoms. The molecular formula is C12H19NO4S. The molecule has 0 aliphatic rings. The zero-order valence-corrected chi connectivity index (χ0v) is 11.9. The predicted molar refractivity (Wildman–Crippen MR) is 71.8 cm³/mol. The van der Waals surface area contributed by atoms with E-state index in [1.807, 2.05) is 6.92 Å². The van der Waals surface area contributed by atoms with Crippen molar-refractivity contribution in [3.05, 3.63) is 18.2 Å². The molecule has 1 rings (SSSR count). The lowest BCUT2D eigenvalue weighted by molar-refractivity contribution is 0.311. The van der Waals surface area contributed by atoms with Gasteiger partial charge in [0.15, 0.2) is 11.5 Å². The van der Waals surface area contributed by atoms with Gasteiger partial charge in [0.05, 0.1) is 24.7 Å². The number of sulfonamides is 1. The fourth-order valence-electron chi connectivity index (χ4n) is 1.29. The van der Waals surface area contributed by atoms with Gasteiger partial charge in [-0.05, 0) is 32.9 Å². The summed E-state index contributed by atoms with van der Waals surface area (Å²) >= 11 is 0. The fourth-order valence-corrected chi connectivity index (χ4v) is 1.98. The van der Waals surface area contributed by atoms with Crippen molar-refractivity contribution in [3.8, 4) is 11.5 Å². The van der Waals surface area contributed by atoms with E-state index in [9.17, 15) is 8.42 Å². The van der Waals surface area contributed by atoms with Gasteiger partial charge in [-0.2, -0.15) is 0 Å². The van der Waals surface area contributed by atoms with Crippen LogP contribution in [0.5, 0.6) is 11.5 Å². The highest BCUT2D eigenvalue weighted by Gasteiger charge is 2.16. The molecule has 6 heteroatoms. The van der Waals surface area contributed by atoms with Crippen molar-refractivity contribution in [2.24, 2.45) is 0 Å². The molecule has 1 aromatic carbocycles. The Kier molecular flexibility index (Phi) is 4.84. The number of benzene rings is 1. The van der Waals surface area contributed by atoms with Crippen LogP contribution in [0.1, 0.15) is 20.8 Å². The van der Waals surface area contributed by atoms with Crippen molar-refractivity contribution in [1.82, 2.24) is 0 Å². The second-order valence-electron chi connectivity index (χ2n) is 3.99. The molecule has 102 valence electrons. The van der Waals surface area contributed by atoms with E-state index in [4.69, 9.17) is 9.47 Å². The summed E-state index contributed by atoms with van der Waals surface area (Å²) in [4.78, 5) is 0. The number of hydrogen-bond donors (Lipinski definition) is 1. The number of rotatable bonds is 6. The largest absolute Gasteiger partial charge is 0.493 e. The summed E-state index contributed by atoms with van der Waals surface area (Å²) in [7, 11) is -1.84. The number of anilines is 1. The Balaban J connectivity index is 2.99. The first kappa shape index (κ1) is 14.6. The molecule has 0 saturated heterocycles. The zero-order chi connectivity index (χ0) is 13.8. The molecule has 0 heterocycles. The summed E-state index contributed by atoms with van der Waals surface area (Å²) in [5.41, 5.74) is 0.462. The van der Waals surface area contributed by atoms with Crippen molar-refractivity contribution >= 4 is 15.7 Å². The summed E-state index contributed by atoms with van der Waals surface area (Å²) in [6.07, 6.45) is 0. The Bertz CT molecular complexity index is 497. The van der Waals surface area contributed by atoms with Crippen LogP contribution in [-0.4, -0.2) is 27.4 Å². The summed E-state index contributed by atoms with van der Waals surface area (Å²) in [6, 6.07) is 4.93. The average Bonchev–Trinajstić information content (AvgIpc) is 2.30. The van der Waals surface area contributed by atoms with E-state index in [1.165, 1.54) is 7.11 Å². The third-order valence-corrected chi connectivity index (χ3v) is 4.11. The van der Waals surface area contributed by atoms with Gasteiger partial charge in [0, 0.05) is 6.07 Å². The zero-order valence-electron chi connectivity index (χ0n) is 11.1. The first-order valence-electron chi connectivity index (χ1n) is 5.73. The fraction of sp³-hybridized carbons (Fsp3) is 0.500. The molecular weight excluding hydrogens is 254 g/mol. The molecule has 0 fully saturated rings. The van der Waals surface area contributed by atoms with Crippen LogP contribution < -0.4 is 14.2 Å². The molecule has 18 heavy (non-hydrogen) atoms. The lowest BCUT2D eigenvalue weighted by Crippen LogP contribution is -2.22. The smallest absolute Gasteiger partial charge is 0.235 e. The summed E-state index contributed by atoms with van der Waals surface area (Å²) in [5, 5.41) is -0.491. The minimum absolute atomic E-state index is 0.462. The highest BCUT2D eigenvalue weighted by Crippen LogP contribution is 2.30. The molecule has 0 aliphatic carbocycles. The molecule has 1 N–H and O–H groups in total. The van der Waals surface area contributed by atoms with Gasteiger partial charge in [0.1, 0.15) is 0 Å². The molecule has 1 aromatic rings. The number of methoxy groups -OCH3 is 1. The molecule has 0 radical (unpaired) electrons. The van der Waals surface area contributed by atoms with Crippen molar-refractivity contribution < 1.29 is 17.9 Å². The minimum atomic E-state index is -3.35. The Morgan fingerprint density at radius 3 is 2.44 bits per heavy atom. The van der Waals surface area contributed by atoms with E-state index in [1.54, 1.807) is 32.0 Å². The maximum Gasteiger partial charge on any atom is 0.235 e. The third-order valence-electron chi connectivity index (χ3n) is 2.34. The van der Waals surface area contributed by atoms with Gasteiger partial charge in [0.2, 0.25) is 10.0 Å². The van der Waals surface area contributed by atoms with Gasteiger partial charge in [-0.1, -0.05) is 0 Å². The maximum absolute atomic E-state index is 11.7. The number of ether oxygens (including phenoxy) is 2. The van der Waals surface area contributed by atoms with Crippen molar-refractivity contribution in [3.63, 3.8) is 0 Å². The molecule has 0 saturated carbocycles. The van der Waals surface area contributed by atoms with Crippen LogP contribution in [0.25, 0.3) is 0 Å². The lowest BCUT2D eigenvalue weighted by Gasteiger charge is -2.14. The van der Waals surface area contributed by atoms with E-state index < -0.39 is 15.3 Å². The monoisotopic (exact) mass is 273 g/mol. The standard InChI is InChI=1S/C12H19NO4S/c1-5-17-11-7-6-10(8-12(11)16-4)13-18(14,15)9(2)3/h6-9,13H,5H2,1-4H3.